The number of hydrogen-bond donors (Lipinski definition) is 2. The van der Waals surface area contributed by atoms with Gasteiger partial charge in [0.1, 0.15) is 0 Å². The van der Waals surface area contributed by atoms with E-state index in [0.29, 0.717) is 17.4 Å². The van der Waals surface area contributed by atoms with Gasteiger partial charge in [-0.15, -0.1) is 0 Å². The van der Waals surface area contributed by atoms with Gasteiger partial charge in [0.25, 0.3) is 5.91 Å². The third-order valence-corrected chi connectivity index (χ3v) is 7.24. The number of carboxylic acid groups (broad SMARTS) is 1. The molecule has 0 atom stereocenters. The summed E-state index contributed by atoms with van der Waals surface area (Å²) in [6, 6.07) is 26.1. The standard InChI is InChI=1S/C31H30N2O3/c1-20-17-28(31(36)33-26-5-3-2-4-6-26)27-16-15-25(19-29(27)32-20)24-13-11-23(12-14-24)22-9-7-21(8-10-22)18-30(34)35/h2-6,11-17,19,21-22H,7-10,18H2,1H3,(H,33,36)(H,34,35)/t21-,22-. The number of benzene rings is 3. The first-order chi connectivity index (χ1) is 17.5. The zero-order valence-electron chi connectivity index (χ0n) is 20.4. The van der Waals surface area contributed by atoms with Crippen LogP contribution in [0.25, 0.3) is 22.0 Å². The molecule has 1 saturated carbocycles. The summed E-state index contributed by atoms with van der Waals surface area (Å²) in [7, 11) is 0. The molecule has 0 spiro atoms. The zero-order chi connectivity index (χ0) is 25.1. The van der Waals surface area contributed by atoms with E-state index in [-0.39, 0.29) is 12.3 Å². The number of hydrogen-bond acceptors (Lipinski definition) is 3. The normalized spacial score (nSPS) is 17.6. The maximum atomic E-state index is 13.0. The molecule has 1 aromatic heterocycles. The van der Waals surface area contributed by atoms with Gasteiger partial charge in [0.15, 0.2) is 0 Å². The average molecular weight is 479 g/mol. The highest BCUT2D eigenvalue weighted by Crippen LogP contribution is 2.38. The van der Waals surface area contributed by atoms with E-state index in [9.17, 15) is 9.59 Å². The Morgan fingerprint density at radius 3 is 2.28 bits per heavy atom. The Balaban J connectivity index is 1.35. The van der Waals surface area contributed by atoms with Crippen LogP contribution in [-0.2, 0) is 4.79 Å². The maximum Gasteiger partial charge on any atom is 0.303 e. The Kier molecular flexibility index (Phi) is 6.81. The van der Waals surface area contributed by atoms with E-state index in [4.69, 9.17) is 10.1 Å². The van der Waals surface area contributed by atoms with Gasteiger partial charge >= 0.3 is 5.97 Å². The van der Waals surface area contributed by atoms with E-state index in [1.165, 1.54) is 5.56 Å². The van der Waals surface area contributed by atoms with Gasteiger partial charge in [-0.2, -0.15) is 0 Å². The second-order valence-electron chi connectivity index (χ2n) is 9.80. The second-order valence-corrected chi connectivity index (χ2v) is 9.80. The summed E-state index contributed by atoms with van der Waals surface area (Å²) in [5.74, 6) is -0.0272. The number of carbonyl (C=O) groups excluding carboxylic acids is 1. The van der Waals surface area contributed by atoms with Crippen molar-refractivity contribution in [3.8, 4) is 11.1 Å². The highest BCUT2D eigenvalue weighted by molar-refractivity contribution is 6.12. The molecule has 1 fully saturated rings. The molecule has 1 heterocycles. The van der Waals surface area contributed by atoms with Crippen LogP contribution in [-0.4, -0.2) is 22.0 Å². The third-order valence-electron chi connectivity index (χ3n) is 7.24. The van der Waals surface area contributed by atoms with Crippen molar-refractivity contribution in [2.75, 3.05) is 5.32 Å². The van der Waals surface area contributed by atoms with E-state index in [1.807, 2.05) is 61.5 Å². The van der Waals surface area contributed by atoms with Gasteiger partial charge in [0.2, 0.25) is 0 Å². The number of aromatic nitrogens is 1. The Hall–Kier alpha value is -3.99. The molecule has 1 aliphatic carbocycles. The van der Waals surface area contributed by atoms with Crippen LogP contribution >= 0.6 is 0 Å². The number of aliphatic carboxylic acids is 1. The number of amides is 1. The first kappa shape index (κ1) is 23.7. The third kappa shape index (κ3) is 5.30. The summed E-state index contributed by atoms with van der Waals surface area (Å²) in [6.07, 6.45) is 4.34. The fourth-order valence-electron chi connectivity index (χ4n) is 5.34. The van der Waals surface area contributed by atoms with Crippen LogP contribution < -0.4 is 5.32 Å². The summed E-state index contributed by atoms with van der Waals surface area (Å²) >= 11 is 0. The molecular weight excluding hydrogens is 448 g/mol. The van der Waals surface area contributed by atoms with Crippen molar-refractivity contribution in [3.63, 3.8) is 0 Å². The van der Waals surface area contributed by atoms with E-state index < -0.39 is 5.97 Å². The molecule has 5 rings (SSSR count). The van der Waals surface area contributed by atoms with Gasteiger partial charge in [-0.1, -0.05) is 54.6 Å². The molecule has 182 valence electrons. The summed E-state index contributed by atoms with van der Waals surface area (Å²) in [5, 5.41) is 12.9. The number of rotatable bonds is 6. The second kappa shape index (κ2) is 10.3. The van der Waals surface area contributed by atoms with Gasteiger partial charge in [-0.25, -0.2) is 0 Å². The van der Waals surface area contributed by atoms with Gasteiger partial charge in [0, 0.05) is 23.2 Å². The minimum Gasteiger partial charge on any atom is -0.481 e. The number of fused-ring (bicyclic) bond motifs is 1. The van der Waals surface area contributed by atoms with Crippen molar-refractivity contribution in [3.05, 3.63) is 95.7 Å². The maximum absolute atomic E-state index is 13.0. The Morgan fingerprint density at radius 2 is 1.58 bits per heavy atom. The summed E-state index contributed by atoms with van der Waals surface area (Å²) in [6.45, 7) is 1.91. The largest absolute Gasteiger partial charge is 0.481 e. The van der Waals surface area contributed by atoms with Crippen LogP contribution in [0, 0.1) is 12.8 Å². The summed E-state index contributed by atoms with van der Waals surface area (Å²) < 4.78 is 0. The highest BCUT2D eigenvalue weighted by Gasteiger charge is 2.24. The molecule has 36 heavy (non-hydrogen) atoms. The van der Waals surface area contributed by atoms with Crippen molar-refractivity contribution in [1.29, 1.82) is 0 Å². The predicted molar refractivity (Wildman–Crippen MR) is 143 cm³/mol. The fraction of sp³-hybridized carbons (Fsp3) is 0.258. The Labute approximate surface area is 211 Å². The predicted octanol–water partition coefficient (Wildman–Crippen LogP) is 7.21. The average Bonchev–Trinajstić information content (AvgIpc) is 2.88. The highest BCUT2D eigenvalue weighted by atomic mass is 16.4. The monoisotopic (exact) mass is 478 g/mol. The van der Waals surface area contributed by atoms with Crippen molar-refractivity contribution in [2.24, 2.45) is 5.92 Å². The van der Waals surface area contributed by atoms with Crippen molar-refractivity contribution in [2.45, 2.75) is 44.9 Å². The molecule has 1 amide bonds. The van der Waals surface area contributed by atoms with Crippen LogP contribution in [0.1, 0.15) is 59.6 Å². The molecule has 0 saturated heterocycles. The lowest BCUT2D eigenvalue weighted by Crippen LogP contribution is -2.16. The first-order valence-corrected chi connectivity index (χ1v) is 12.6. The SMILES string of the molecule is Cc1cc(C(=O)Nc2ccccc2)c2ccc(-c3ccc([C@H]4CC[C@H](CC(=O)O)CC4)cc3)cc2n1. The lowest BCUT2D eigenvalue weighted by atomic mass is 9.77. The first-order valence-electron chi connectivity index (χ1n) is 12.6. The van der Waals surface area contributed by atoms with E-state index >= 15 is 0 Å². The zero-order valence-corrected chi connectivity index (χ0v) is 20.4. The minimum absolute atomic E-state index is 0.146. The Morgan fingerprint density at radius 1 is 0.889 bits per heavy atom. The number of aryl methyl sites for hydroxylation is 1. The topological polar surface area (TPSA) is 79.3 Å². The molecular formula is C31H30N2O3. The van der Waals surface area contributed by atoms with Crippen LogP contribution in [0.5, 0.6) is 0 Å². The number of anilines is 1. The number of para-hydroxylation sites is 1. The number of carboxylic acids is 1. The number of carbonyl (C=O) groups is 2. The lowest BCUT2D eigenvalue weighted by molar-refractivity contribution is -0.138. The minimum atomic E-state index is -0.688. The van der Waals surface area contributed by atoms with Gasteiger partial charge < -0.3 is 10.4 Å². The van der Waals surface area contributed by atoms with Gasteiger partial charge in [0.05, 0.1) is 11.1 Å². The molecule has 5 heteroatoms. The molecule has 5 nitrogen and oxygen atoms in total. The summed E-state index contributed by atoms with van der Waals surface area (Å²) in [5.41, 5.74) is 6.46. The molecule has 1 aliphatic rings. The van der Waals surface area contributed by atoms with Crippen LogP contribution in [0.3, 0.4) is 0 Å². The number of nitrogens with zero attached hydrogens (tertiary/aromatic N) is 1. The molecule has 2 N–H and O–H groups in total. The Bertz CT molecular complexity index is 1390. The molecule has 0 bridgehead atoms. The smallest absolute Gasteiger partial charge is 0.303 e. The van der Waals surface area contributed by atoms with Gasteiger partial charge in [-0.05, 0) is 85.4 Å². The van der Waals surface area contributed by atoms with E-state index in [2.05, 4.69) is 29.6 Å². The van der Waals surface area contributed by atoms with Crippen molar-refractivity contribution >= 4 is 28.5 Å². The molecule has 0 aliphatic heterocycles. The molecule has 4 aromatic rings. The number of nitrogens with one attached hydrogen (secondary N) is 1. The van der Waals surface area contributed by atoms with Gasteiger partial charge in [-0.3, -0.25) is 14.6 Å². The van der Waals surface area contributed by atoms with Crippen molar-refractivity contribution < 1.29 is 14.7 Å². The number of pyridine rings is 1. The lowest BCUT2D eigenvalue weighted by Gasteiger charge is -2.28. The van der Waals surface area contributed by atoms with Crippen LogP contribution in [0.4, 0.5) is 5.69 Å². The fourth-order valence-corrected chi connectivity index (χ4v) is 5.34. The quantitative estimate of drug-likeness (QED) is 0.307. The molecule has 0 radical (unpaired) electrons. The van der Waals surface area contributed by atoms with Crippen LogP contribution in [0.15, 0.2) is 78.9 Å². The van der Waals surface area contributed by atoms with Crippen molar-refractivity contribution in [1.82, 2.24) is 4.98 Å². The van der Waals surface area contributed by atoms with Crippen LogP contribution in [0.2, 0.25) is 0 Å². The van der Waals surface area contributed by atoms with E-state index in [1.54, 1.807) is 0 Å². The summed E-state index contributed by atoms with van der Waals surface area (Å²) in [4.78, 5) is 28.7. The molecule has 0 unspecified atom stereocenters. The van der Waals surface area contributed by atoms with E-state index in [0.717, 1.165) is 59.1 Å². The molecule has 3 aromatic carbocycles.